The van der Waals surface area contributed by atoms with E-state index in [1.165, 1.54) is 6.42 Å². The van der Waals surface area contributed by atoms with Crippen molar-refractivity contribution in [2.24, 2.45) is 0 Å². The normalized spacial score (nSPS) is 16.5. The van der Waals surface area contributed by atoms with Crippen molar-refractivity contribution in [3.63, 3.8) is 0 Å². The lowest BCUT2D eigenvalue weighted by molar-refractivity contribution is 0.104. The minimum atomic E-state index is 0. The molecule has 0 spiro atoms. The highest BCUT2D eigenvalue weighted by Gasteiger charge is 2.16. The van der Waals surface area contributed by atoms with Gasteiger partial charge >= 0.3 is 0 Å². The van der Waals surface area contributed by atoms with E-state index in [2.05, 4.69) is 31.2 Å². The molecule has 0 bridgehead atoms. The first-order chi connectivity index (χ1) is 11.2. The van der Waals surface area contributed by atoms with Crippen molar-refractivity contribution in [3.05, 3.63) is 40.6 Å². The second-order valence-electron chi connectivity index (χ2n) is 5.52. The maximum atomic E-state index is 5.68. The summed E-state index contributed by atoms with van der Waals surface area (Å²) in [6.07, 6.45) is 6.36. The van der Waals surface area contributed by atoms with Gasteiger partial charge in [0.05, 0.1) is 23.4 Å². The van der Waals surface area contributed by atoms with Crippen LogP contribution in [0.3, 0.4) is 0 Å². The Balaban J connectivity index is 0.00000208. The largest absolute Gasteiger partial charge is 0.497 e. The van der Waals surface area contributed by atoms with Gasteiger partial charge < -0.3 is 14.8 Å². The van der Waals surface area contributed by atoms with E-state index in [0.29, 0.717) is 12.1 Å². The Labute approximate surface area is 156 Å². The molecule has 1 aromatic heterocycles. The number of nitrogens with one attached hydrogen (secondary N) is 1. The first-order valence-electron chi connectivity index (χ1n) is 7.78. The van der Waals surface area contributed by atoms with E-state index in [4.69, 9.17) is 9.47 Å². The summed E-state index contributed by atoms with van der Waals surface area (Å²) in [5.41, 5.74) is 1.93. The summed E-state index contributed by atoms with van der Waals surface area (Å²) in [5.74, 6) is 1.42. The third-order valence-electron chi connectivity index (χ3n) is 3.89. The van der Waals surface area contributed by atoms with Crippen molar-refractivity contribution in [2.45, 2.75) is 31.8 Å². The molecule has 1 aliphatic heterocycles. The van der Waals surface area contributed by atoms with Gasteiger partial charge in [0.1, 0.15) is 5.75 Å². The lowest BCUT2D eigenvalue weighted by Crippen LogP contribution is -2.08. The van der Waals surface area contributed by atoms with Crippen molar-refractivity contribution < 1.29 is 9.47 Å². The smallest absolute Gasteiger partial charge is 0.227 e. The summed E-state index contributed by atoms with van der Waals surface area (Å²) in [4.78, 5) is 8.94. The van der Waals surface area contributed by atoms with Crippen molar-refractivity contribution in [1.82, 2.24) is 9.97 Å². The fourth-order valence-electron chi connectivity index (χ4n) is 2.61. The van der Waals surface area contributed by atoms with E-state index >= 15 is 0 Å². The first kappa shape index (κ1) is 19.0. The number of nitrogens with zero attached hydrogens (tertiary/aromatic N) is 2. The SMILES string of the molecule is COc1ccc(Nc2ncc(Br)c(CCC3CCCO3)n2)cc1.Cl. The Bertz CT molecular complexity index is 649. The van der Waals surface area contributed by atoms with Crippen LogP contribution in [0.25, 0.3) is 0 Å². The van der Waals surface area contributed by atoms with Crippen LogP contribution >= 0.6 is 28.3 Å². The second kappa shape index (κ2) is 9.20. The average Bonchev–Trinajstić information content (AvgIpc) is 3.09. The summed E-state index contributed by atoms with van der Waals surface area (Å²) < 4.78 is 11.8. The number of rotatable bonds is 6. The van der Waals surface area contributed by atoms with E-state index in [1.54, 1.807) is 13.3 Å². The summed E-state index contributed by atoms with van der Waals surface area (Å²) in [7, 11) is 1.65. The van der Waals surface area contributed by atoms with Gasteiger partial charge in [0.2, 0.25) is 5.95 Å². The number of hydrogen-bond donors (Lipinski definition) is 1. The van der Waals surface area contributed by atoms with Gasteiger partial charge in [-0.25, -0.2) is 9.97 Å². The molecule has 0 amide bonds. The van der Waals surface area contributed by atoms with Crippen LogP contribution in [0.2, 0.25) is 0 Å². The molecule has 1 atom stereocenters. The molecule has 3 rings (SSSR count). The average molecular weight is 415 g/mol. The summed E-state index contributed by atoms with van der Waals surface area (Å²) in [6.45, 7) is 0.889. The molecule has 2 aromatic rings. The number of anilines is 2. The van der Waals surface area contributed by atoms with Gasteiger partial charge in [-0.3, -0.25) is 0 Å². The number of halogens is 2. The number of benzene rings is 1. The van der Waals surface area contributed by atoms with Crippen LogP contribution in [0.15, 0.2) is 34.9 Å². The molecule has 1 fully saturated rings. The predicted octanol–water partition coefficient (Wildman–Crippen LogP) is 4.52. The lowest BCUT2D eigenvalue weighted by Gasteiger charge is -2.11. The molecule has 1 unspecified atom stereocenters. The Morgan fingerprint density at radius 1 is 1.33 bits per heavy atom. The zero-order valence-corrected chi connectivity index (χ0v) is 15.9. The Morgan fingerprint density at radius 3 is 2.79 bits per heavy atom. The molecule has 0 radical (unpaired) electrons. The van der Waals surface area contributed by atoms with Crippen molar-refractivity contribution >= 4 is 40.0 Å². The van der Waals surface area contributed by atoms with Crippen LogP contribution in [-0.2, 0) is 11.2 Å². The van der Waals surface area contributed by atoms with Crippen LogP contribution < -0.4 is 10.1 Å². The Morgan fingerprint density at radius 2 is 2.12 bits per heavy atom. The standard InChI is InChI=1S/C17H20BrN3O2.ClH/c1-22-13-6-4-12(5-7-13)20-17-19-11-15(18)16(21-17)9-8-14-3-2-10-23-14;/h4-7,11,14H,2-3,8-10H2,1H3,(H,19,20,21);1H. The molecule has 1 N–H and O–H groups in total. The molecule has 0 aliphatic carbocycles. The highest BCUT2D eigenvalue weighted by atomic mass is 79.9. The second-order valence-corrected chi connectivity index (χ2v) is 6.37. The predicted molar refractivity (Wildman–Crippen MR) is 101 cm³/mol. The monoisotopic (exact) mass is 413 g/mol. The van der Waals surface area contributed by atoms with Crippen LogP contribution in [0.4, 0.5) is 11.6 Å². The van der Waals surface area contributed by atoms with E-state index < -0.39 is 0 Å². The molecule has 2 heterocycles. The molecule has 1 aromatic carbocycles. The minimum Gasteiger partial charge on any atom is -0.497 e. The van der Waals surface area contributed by atoms with Crippen molar-refractivity contribution in [3.8, 4) is 5.75 Å². The van der Waals surface area contributed by atoms with Gasteiger partial charge in [0.15, 0.2) is 0 Å². The van der Waals surface area contributed by atoms with E-state index in [9.17, 15) is 0 Å². The van der Waals surface area contributed by atoms with Crippen LogP contribution in [-0.4, -0.2) is 29.8 Å². The summed E-state index contributed by atoms with van der Waals surface area (Å²) in [5, 5.41) is 3.22. The number of methoxy groups -OCH3 is 1. The van der Waals surface area contributed by atoms with Gasteiger partial charge in [0, 0.05) is 18.5 Å². The van der Waals surface area contributed by atoms with Gasteiger partial charge in [-0.05, 0) is 65.9 Å². The number of hydrogen-bond acceptors (Lipinski definition) is 5. The van der Waals surface area contributed by atoms with E-state index in [0.717, 1.165) is 47.5 Å². The quantitative estimate of drug-likeness (QED) is 0.753. The van der Waals surface area contributed by atoms with E-state index in [1.807, 2.05) is 24.3 Å². The third-order valence-corrected chi connectivity index (χ3v) is 4.55. The maximum Gasteiger partial charge on any atom is 0.227 e. The number of ether oxygens (including phenoxy) is 2. The highest BCUT2D eigenvalue weighted by Crippen LogP contribution is 2.23. The summed E-state index contributed by atoms with van der Waals surface area (Å²) in [6, 6.07) is 7.69. The van der Waals surface area contributed by atoms with Gasteiger partial charge in [0.25, 0.3) is 0 Å². The molecule has 1 aliphatic rings. The first-order valence-corrected chi connectivity index (χ1v) is 8.58. The van der Waals surface area contributed by atoms with Crippen molar-refractivity contribution in [2.75, 3.05) is 19.0 Å². The molecular weight excluding hydrogens is 394 g/mol. The van der Waals surface area contributed by atoms with Crippen molar-refractivity contribution in [1.29, 1.82) is 0 Å². The fourth-order valence-corrected chi connectivity index (χ4v) is 3.00. The Kier molecular flexibility index (Phi) is 7.27. The van der Waals surface area contributed by atoms with Crippen LogP contribution in [0, 0.1) is 0 Å². The highest BCUT2D eigenvalue weighted by molar-refractivity contribution is 9.10. The van der Waals surface area contributed by atoms with Crippen LogP contribution in [0.5, 0.6) is 5.75 Å². The van der Waals surface area contributed by atoms with Gasteiger partial charge in [-0.1, -0.05) is 0 Å². The van der Waals surface area contributed by atoms with Crippen LogP contribution in [0.1, 0.15) is 25.0 Å². The molecule has 24 heavy (non-hydrogen) atoms. The fraction of sp³-hybridized carbons (Fsp3) is 0.412. The molecule has 5 nitrogen and oxygen atoms in total. The summed E-state index contributed by atoms with van der Waals surface area (Å²) >= 11 is 3.53. The zero-order valence-electron chi connectivity index (χ0n) is 13.5. The minimum absolute atomic E-state index is 0. The van der Waals surface area contributed by atoms with E-state index in [-0.39, 0.29) is 12.4 Å². The molecule has 0 saturated carbocycles. The number of aryl methyl sites for hydroxylation is 1. The third kappa shape index (κ3) is 5.06. The lowest BCUT2D eigenvalue weighted by atomic mass is 10.1. The molecule has 1 saturated heterocycles. The Hall–Kier alpha value is -1.37. The number of aromatic nitrogens is 2. The molecular formula is C17H21BrClN3O2. The zero-order chi connectivity index (χ0) is 16.1. The molecule has 130 valence electrons. The van der Waals surface area contributed by atoms with Gasteiger partial charge in [-0.15, -0.1) is 12.4 Å². The topological polar surface area (TPSA) is 56.3 Å². The maximum absolute atomic E-state index is 5.68. The van der Waals surface area contributed by atoms with Gasteiger partial charge in [-0.2, -0.15) is 0 Å². The molecule has 7 heteroatoms.